The first kappa shape index (κ1) is 25.6. The minimum Gasteiger partial charge on any atom is -0.455 e. The number of aryl methyl sites for hydroxylation is 2. The van der Waals surface area contributed by atoms with E-state index in [1.54, 1.807) is 49.4 Å². The molecule has 0 atom stereocenters. The summed E-state index contributed by atoms with van der Waals surface area (Å²) in [5.74, 6) is 0.389. The molecule has 4 rings (SSSR count). The molecule has 2 N–H and O–H groups in total. The van der Waals surface area contributed by atoms with Crippen LogP contribution in [0.15, 0.2) is 89.8 Å². The molecule has 0 saturated carbocycles. The number of hydrogen-bond donors (Lipinski definition) is 2. The summed E-state index contributed by atoms with van der Waals surface area (Å²) in [6, 6.07) is 23.3. The Labute approximate surface area is 219 Å². The Balaban J connectivity index is 1.61. The van der Waals surface area contributed by atoms with Crippen LogP contribution in [0.1, 0.15) is 21.5 Å². The second kappa shape index (κ2) is 10.6. The third kappa shape index (κ3) is 5.99. The predicted molar refractivity (Wildman–Crippen MR) is 144 cm³/mol. The van der Waals surface area contributed by atoms with Gasteiger partial charge in [-0.05, 0) is 74.0 Å². The lowest BCUT2D eigenvalue weighted by atomic mass is 10.1. The number of carbonyl (C=O) groups excluding carboxylic acids is 1. The van der Waals surface area contributed by atoms with E-state index in [1.807, 2.05) is 31.2 Å². The van der Waals surface area contributed by atoms with E-state index in [9.17, 15) is 13.2 Å². The minimum atomic E-state index is -4.07. The van der Waals surface area contributed by atoms with Crippen LogP contribution < -0.4 is 14.8 Å². The molecule has 0 bridgehead atoms. The van der Waals surface area contributed by atoms with Gasteiger partial charge in [-0.2, -0.15) is 0 Å². The monoisotopic (exact) mass is 540 g/mol. The molecule has 0 radical (unpaired) electrons. The summed E-state index contributed by atoms with van der Waals surface area (Å²) in [5, 5.41) is 3.12. The van der Waals surface area contributed by atoms with Crippen LogP contribution in [0.5, 0.6) is 11.5 Å². The fourth-order valence-corrected chi connectivity index (χ4v) is 5.31. The van der Waals surface area contributed by atoms with E-state index < -0.39 is 15.9 Å². The lowest BCUT2D eigenvalue weighted by molar-refractivity contribution is 0.102. The van der Waals surface area contributed by atoms with Crippen LogP contribution in [-0.2, 0) is 10.0 Å². The summed E-state index contributed by atoms with van der Waals surface area (Å²) in [6.07, 6.45) is 0. The number of benzene rings is 4. The highest BCUT2D eigenvalue weighted by Gasteiger charge is 2.22. The SMILES string of the molecule is Cc1ccc(NS(=O)(=O)c2cc(C(=O)Nc3cc(Cl)ccc3Oc3ccccc3)ccc2Cl)c(C)c1. The number of rotatable bonds is 7. The van der Waals surface area contributed by atoms with Gasteiger partial charge in [-0.15, -0.1) is 0 Å². The van der Waals surface area contributed by atoms with Crippen LogP contribution in [-0.4, -0.2) is 14.3 Å². The van der Waals surface area contributed by atoms with E-state index in [-0.39, 0.29) is 15.5 Å². The summed E-state index contributed by atoms with van der Waals surface area (Å²) >= 11 is 12.4. The van der Waals surface area contributed by atoms with Gasteiger partial charge in [-0.25, -0.2) is 8.42 Å². The Morgan fingerprint density at radius 2 is 1.58 bits per heavy atom. The molecular formula is C27H22Cl2N2O4S. The molecular weight excluding hydrogens is 519 g/mol. The Morgan fingerprint density at radius 3 is 2.31 bits per heavy atom. The van der Waals surface area contributed by atoms with Crippen LogP contribution in [0.2, 0.25) is 10.0 Å². The molecule has 36 heavy (non-hydrogen) atoms. The van der Waals surface area contributed by atoms with Crippen molar-refractivity contribution in [2.45, 2.75) is 18.7 Å². The molecule has 0 fully saturated rings. The zero-order chi connectivity index (χ0) is 25.9. The molecule has 0 aromatic heterocycles. The lowest BCUT2D eigenvalue weighted by Gasteiger charge is -2.15. The fraction of sp³-hybridized carbons (Fsp3) is 0.0741. The van der Waals surface area contributed by atoms with Gasteiger partial charge in [-0.3, -0.25) is 9.52 Å². The number of carbonyl (C=O) groups is 1. The van der Waals surface area contributed by atoms with E-state index in [0.29, 0.717) is 27.9 Å². The second-order valence-corrected chi connectivity index (χ2v) is 10.6. The van der Waals surface area contributed by atoms with Gasteiger partial charge in [0.15, 0.2) is 5.75 Å². The van der Waals surface area contributed by atoms with E-state index in [0.717, 1.165) is 11.1 Å². The standard InChI is InChI=1S/C27H22Cl2N2O4S/c1-17-8-12-23(18(2)14-17)31-36(33,34)26-15-19(9-11-22(26)29)27(32)30-24-16-20(28)10-13-25(24)35-21-6-4-3-5-7-21/h3-16,31H,1-2H3,(H,30,32). The maximum Gasteiger partial charge on any atom is 0.263 e. The molecule has 0 aliphatic rings. The number of anilines is 2. The first-order valence-corrected chi connectivity index (χ1v) is 13.1. The van der Waals surface area contributed by atoms with Crippen molar-refractivity contribution < 1.29 is 17.9 Å². The lowest BCUT2D eigenvalue weighted by Crippen LogP contribution is -2.17. The molecule has 0 aliphatic carbocycles. The molecule has 0 aliphatic heterocycles. The molecule has 0 heterocycles. The van der Waals surface area contributed by atoms with Crippen LogP contribution in [0.25, 0.3) is 0 Å². The van der Waals surface area contributed by atoms with E-state index in [1.165, 1.54) is 18.2 Å². The zero-order valence-electron chi connectivity index (χ0n) is 19.4. The van der Waals surface area contributed by atoms with Gasteiger partial charge in [0, 0.05) is 10.6 Å². The van der Waals surface area contributed by atoms with Crippen molar-refractivity contribution in [3.05, 3.63) is 112 Å². The maximum absolute atomic E-state index is 13.1. The maximum atomic E-state index is 13.1. The fourth-order valence-electron chi connectivity index (χ4n) is 3.48. The van der Waals surface area contributed by atoms with Crippen molar-refractivity contribution in [2.24, 2.45) is 0 Å². The number of ether oxygens (including phenoxy) is 1. The van der Waals surface area contributed by atoms with Gasteiger partial charge in [0.1, 0.15) is 10.6 Å². The largest absolute Gasteiger partial charge is 0.455 e. The van der Waals surface area contributed by atoms with Crippen molar-refractivity contribution in [1.82, 2.24) is 0 Å². The van der Waals surface area contributed by atoms with Gasteiger partial charge in [-0.1, -0.05) is 59.1 Å². The second-order valence-electron chi connectivity index (χ2n) is 8.08. The quantitative estimate of drug-likeness (QED) is 0.255. The molecule has 0 unspecified atom stereocenters. The molecule has 6 nitrogen and oxygen atoms in total. The average Bonchev–Trinajstić information content (AvgIpc) is 2.83. The Bertz CT molecular complexity index is 1540. The van der Waals surface area contributed by atoms with Gasteiger partial charge in [0.2, 0.25) is 0 Å². The number of halogens is 2. The summed E-state index contributed by atoms with van der Waals surface area (Å²) in [7, 11) is -4.07. The van der Waals surface area contributed by atoms with Gasteiger partial charge in [0.05, 0.1) is 16.4 Å². The van der Waals surface area contributed by atoms with E-state index in [2.05, 4.69) is 10.0 Å². The Hall–Kier alpha value is -3.52. The highest BCUT2D eigenvalue weighted by Crippen LogP contribution is 2.33. The van der Waals surface area contributed by atoms with Crippen LogP contribution in [0, 0.1) is 13.8 Å². The molecule has 4 aromatic rings. The molecule has 0 saturated heterocycles. The predicted octanol–water partition coefficient (Wildman–Crippen LogP) is 7.46. The zero-order valence-corrected chi connectivity index (χ0v) is 21.7. The van der Waals surface area contributed by atoms with Crippen molar-refractivity contribution in [1.29, 1.82) is 0 Å². The third-order valence-corrected chi connectivity index (χ3v) is 7.35. The van der Waals surface area contributed by atoms with E-state index >= 15 is 0 Å². The van der Waals surface area contributed by atoms with Crippen LogP contribution >= 0.6 is 23.2 Å². The first-order chi connectivity index (χ1) is 17.1. The smallest absolute Gasteiger partial charge is 0.263 e. The van der Waals surface area contributed by atoms with Gasteiger partial charge >= 0.3 is 0 Å². The van der Waals surface area contributed by atoms with Crippen LogP contribution in [0.4, 0.5) is 11.4 Å². The van der Waals surface area contributed by atoms with Crippen molar-refractivity contribution in [3.8, 4) is 11.5 Å². The number of para-hydroxylation sites is 1. The summed E-state index contributed by atoms with van der Waals surface area (Å²) in [4.78, 5) is 12.9. The number of nitrogens with one attached hydrogen (secondary N) is 2. The Kier molecular flexibility index (Phi) is 7.54. The van der Waals surface area contributed by atoms with Gasteiger partial charge < -0.3 is 10.1 Å². The molecule has 9 heteroatoms. The van der Waals surface area contributed by atoms with Crippen molar-refractivity contribution in [3.63, 3.8) is 0 Å². The highest BCUT2D eigenvalue weighted by atomic mass is 35.5. The van der Waals surface area contributed by atoms with Crippen LogP contribution in [0.3, 0.4) is 0 Å². The molecule has 4 aromatic carbocycles. The summed E-state index contributed by atoms with van der Waals surface area (Å²) in [5.41, 5.74) is 2.60. The van der Waals surface area contributed by atoms with E-state index in [4.69, 9.17) is 27.9 Å². The number of amides is 1. The normalized spacial score (nSPS) is 11.1. The van der Waals surface area contributed by atoms with Crippen molar-refractivity contribution >= 4 is 50.5 Å². The van der Waals surface area contributed by atoms with Crippen molar-refractivity contribution in [2.75, 3.05) is 10.0 Å². The average molecular weight is 541 g/mol. The number of hydrogen-bond acceptors (Lipinski definition) is 4. The third-order valence-electron chi connectivity index (χ3n) is 5.27. The first-order valence-electron chi connectivity index (χ1n) is 10.9. The molecule has 184 valence electrons. The summed E-state index contributed by atoms with van der Waals surface area (Å²) < 4.78 is 34.7. The minimum absolute atomic E-state index is 0.0142. The van der Waals surface area contributed by atoms with Gasteiger partial charge in [0.25, 0.3) is 15.9 Å². The molecule has 0 spiro atoms. The number of sulfonamides is 1. The summed E-state index contributed by atoms with van der Waals surface area (Å²) in [6.45, 7) is 3.72. The highest BCUT2D eigenvalue weighted by molar-refractivity contribution is 7.92. The molecule has 1 amide bonds. The topological polar surface area (TPSA) is 84.5 Å². The Morgan fingerprint density at radius 1 is 0.833 bits per heavy atom.